The van der Waals surface area contributed by atoms with Crippen molar-refractivity contribution in [1.82, 2.24) is 19.7 Å². The van der Waals surface area contributed by atoms with Crippen LogP contribution in [0.25, 0.3) is 0 Å². The van der Waals surface area contributed by atoms with Crippen molar-refractivity contribution < 1.29 is 9.53 Å². The summed E-state index contributed by atoms with van der Waals surface area (Å²) in [5, 5.41) is 14.4. The number of thiazole rings is 1. The zero-order valence-electron chi connectivity index (χ0n) is 18.1. The van der Waals surface area contributed by atoms with Gasteiger partial charge in [0.2, 0.25) is 5.91 Å². The molecule has 30 heavy (non-hydrogen) atoms. The molecular weight excluding hydrogens is 418 g/mol. The van der Waals surface area contributed by atoms with Crippen molar-refractivity contribution in [1.29, 1.82) is 0 Å². The van der Waals surface area contributed by atoms with E-state index in [4.69, 9.17) is 4.74 Å². The highest BCUT2D eigenvalue weighted by Gasteiger charge is 2.22. The second-order valence-electron chi connectivity index (χ2n) is 7.46. The first-order valence-corrected chi connectivity index (χ1v) is 11.5. The van der Waals surface area contributed by atoms with Crippen LogP contribution in [0.4, 0.5) is 5.13 Å². The first-order valence-electron chi connectivity index (χ1n) is 9.78. The molecule has 0 spiro atoms. The number of hydrogen-bond acceptors (Lipinski definition) is 7. The van der Waals surface area contributed by atoms with E-state index >= 15 is 0 Å². The SMILES string of the molecule is Cc1ccc(C)c(OCc2nnc(S[C@H](C)C(=O)Nc3nc(C)cs3)n2C(C)C)c1. The van der Waals surface area contributed by atoms with Gasteiger partial charge in [0.05, 0.1) is 10.9 Å². The zero-order valence-corrected chi connectivity index (χ0v) is 19.7. The maximum Gasteiger partial charge on any atom is 0.239 e. The number of amides is 1. The lowest BCUT2D eigenvalue weighted by molar-refractivity contribution is -0.115. The quantitative estimate of drug-likeness (QED) is 0.495. The average Bonchev–Trinajstić information content (AvgIpc) is 3.28. The smallest absolute Gasteiger partial charge is 0.239 e. The number of benzene rings is 1. The molecule has 1 N–H and O–H groups in total. The Morgan fingerprint density at radius 1 is 1.23 bits per heavy atom. The van der Waals surface area contributed by atoms with Crippen LogP contribution in [0.15, 0.2) is 28.7 Å². The van der Waals surface area contributed by atoms with Crippen LogP contribution >= 0.6 is 23.1 Å². The molecule has 0 aliphatic carbocycles. The predicted octanol–water partition coefficient (Wildman–Crippen LogP) is 4.94. The minimum atomic E-state index is -0.344. The second kappa shape index (κ2) is 9.61. The van der Waals surface area contributed by atoms with Crippen molar-refractivity contribution in [2.24, 2.45) is 0 Å². The number of ether oxygens (including phenoxy) is 1. The number of anilines is 1. The topological polar surface area (TPSA) is 81.9 Å². The lowest BCUT2D eigenvalue weighted by Crippen LogP contribution is -2.23. The minimum absolute atomic E-state index is 0.110. The van der Waals surface area contributed by atoms with Gasteiger partial charge in [-0.15, -0.1) is 21.5 Å². The molecule has 3 rings (SSSR count). The Labute approximate surface area is 185 Å². The molecule has 1 atom stereocenters. The number of thioether (sulfide) groups is 1. The number of nitrogens with zero attached hydrogens (tertiary/aromatic N) is 4. The molecule has 1 aromatic carbocycles. The Kier molecular flexibility index (Phi) is 7.14. The van der Waals surface area contributed by atoms with E-state index in [1.165, 1.54) is 23.1 Å². The normalized spacial score (nSPS) is 12.2. The minimum Gasteiger partial charge on any atom is -0.485 e. The van der Waals surface area contributed by atoms with Gasteiger partial charge in [0.1, 0.15) is 12.4 Å². The van der Waals surface area contributed by atoms with Gasteiger partial charge in [-0.05, 0) is 58.7 Å². The Balaban J connectivity index is 1.70. The molecule has 2 heterocycles. The van der Waals surface area contributed by atoms with Crippen molar-refractivity contribution in [3.63, 3.8) is 0 Å². The first-order chi connectivity index (χ1) is 14.2. The predicted molar refractivity (Wildman–Crippen MR) is 121 cm³/mol. The summed E-state index contributed by atoms with van der Waals surface area (Å²) in [7, 11) is 0. The van der Waals surface area contributed by atoms with E-state index in [9.17, 15) is 4.79 Å². The number of hydrogen-bond donors (Lipinski definition) is 1. The van der Waals surface area contributed by atoms with E-state index in [1.807, 2.05) is 49.8 Å². The second-order valence-corrected chi connectivity index (χ2v) is 9.63. The first kappa shape index (κ1) is 22.3. The molecule has 2 aromatic heterocycles. The number of carbonyl (C=O) groups excluding carboxylic acids is 1. The van der Waals surface area contributed by atoms with E-state index < -0.39 is 0 Å². The third-order valence-corrected chi connectivity index (χ3v) is 6.38. The Morgan fingerprint density at radius 3 is 2.67 bits per heavy atom. The van der Waals surface area contributed by atoms with Gasteiger partial charge in [-0.1, -0.05) is 23.9 Å². The number of rotatable bonds is 8. The largest absolute Gasteiger partial charge is 0.485 e. The fraction of sp³-hybridized carbons (Fsp3) is 0.429. The standard InChI is InChI=1S/C21H27N5O2S2/c1-12(2)26-18(10-28-17-9-13(3)7-8-14(17)4)24-25-21(26)30-16(6)19(27)23-20-22-15(5)11-29-20/h7-9,11-12,16H,10H2,1-6H3,(H,22,23,27)/t16-/m1/s1. The molecule has 0 aliphatic rings. The number of carbonyl (C=O) groups is 1. The molecule has 160 valence electrons. The summed E-state index contributed by atoms with van der Waals surface area (Å²) in [6.45, 7) is 12.3. The van der Waals surface area contributed by atoms with Crippen LogP contribution in [0.2, 0.25) is 0 Å². The van der Waals surface area contributed by atoms with E-state index in [0.29, 0.717) is 16.9 Å². The van der Waals surface area contributed by atoms with Crippen molar-refractivity contribution in [2.45, 2.75) is 64.6 Å². The molecule has 0 bridgehead atoms. The lowest BCUT2D eigenvalue weighted by Gasteiger charge is -2.16. The summed E-state index contributed by atoms with van der Waals surface area (Å²) in [6.07, 6.45) is 0. The summed E-state index contributed by atoms with van der Waals surface area (Å²) in [5.41, 5.74) is 3.12. The van der Waals surface area contributed by atoms with Crippen molar-refractivity contribution in [2.75, 3.05) is 5.32 Å². The van der Waals surface area contributed by atoms with Gasteiger partial charge in [-0.2, -0.15) is 0 Å². The van der Waals surface area contributed by atoms with Crippen LogP contribution in [0.1, 0.15) is 49.5 Å². The van der Waals surface area contributed by atoms with E-state index in [2.05, 4.69) is 40.4 Å². The third kappa shape index (κ3) is 5.40. The van der Waals surface area contributed by atoms with Gasteiger partial charge in [0.25, 0.3) is 0 Å². The summed E-state index contributed by atoms with van der Waals surface area (Å²) >= 11 is 2.80. The maximum atomic E-state index is 12.5. The van der Waals surface area contributed by atoms with Crippen LogP contribution in [-0.2, 0) is 11.4 Å². The van der Waals surface area contributed by atoms with Gasteiger partial charge in [0.15, 0.2) is 16.1 Å². The molecule has 0 fully saturated rings. The average molecular weight is 446 g/mol. The molecule has 3 aromatic rings. The fourth-order valence-electron chi connectivity index (χ4n) is 2.84. The number of aryl methyl sites for hydroxylation is 3. The Morgan fingerprint density at radius 2 is 2.00 bits per heavy atom. The van der Waals surface area contributed by atoms with Gasteiger partial charge >= 0.3 is 0 Å². The van der Waals surface area contributed by atoms with Gasteiger partial charge in [0, 0.05) is 11.4 Å². The van der Waals surface area contributed by atoms with E-state index in [0.717, 1.165) is 28.4 Å². The number of aromatic nitrogens is 4. The molecule has 7 nitrogen and oxygen atoms in total. The van der Waals surface area contributed by atoms with E-state index in [-0.39, 0.29) is 17.2 Å². The molecule has 9 heteroatoms. The number of nitrogens with one attached hydrogen (secondary N) is 1. The van der Waals surface area contributed by atoms with Crippen molar-refractivity contribution in [3.8, 4) is 5.75 Å². The monoisotopic (exact) mass is 445 g/mol. The molecule has 0 radical (unpaired) electrons. The summed E-state index contributed by atoms with van der Waals surface area (Å²) in [6, 6.07) is 6.26. The van der Waals surface area contributed by atoms with Crippen LogP contribution in [0, 0.1) is 20.8 Å². The molecule has 0 saturated heterocycles. The van der Waals surface area contributed by atoms with Gasteiger partial charge in [-0.3, -0.25) is 4.79 Å². The molecular formula is C21H27N5O2S2. The third-order valence-electron chi connectivity index (χ3n) is 4.45. The van der Waals surface area contributed by atoms with Crippen molar-refractivity contribution >= 4 is 34.1 Å². The highest BCUT2D eigenvalue weighted by Crippen LogP contribution is 2.28. The van der Waals surface area contributed by atoms with Gasteiger partial charge < -0.3 is 14.6 Å². The molecule has 0 saturated carbocycles. The molecule has 0 unspecified atom stereocenters. The van der Waals surface area contributed by atoms with Crippen LogP contribution < -0.4 is 10.1 Å². The summed E-state index contributed by atoms with van der Waals surface area (Å²) in [4.78, 5) is 16.8. The summed E-state index contributed by atoms with van der Waals surface area (Å²) < 4.78 is 8.04. The van der Waals surface area contributed by atoms with Crippen molar-refractivity contribution in [3.05, 3.63) is 46.2 Å². The van der Waals surface area contributed by atoms with E-state index in [1.54, 1.807) is 0 Å². The zero-order chi connectivity index (χ0) is 21.8. The Bertz CT molecular complexity index is 1030. The molecule has 0 aliphatic heterocycles. The summed E-state index contributed by atoms with van der Waals surface area (Å²) in [5.74, 6) is 1.46. The van der Waals surface area contributed by atoms with Crippen LogP contribution in [-0.4, -0.2) is 30.9 Å². The van der Waals surface area contributed by atoms with Crippen LogP contribution in [0.3, 0.4) is 0 Å². The van der Waals surface area contributed by atoms with Crippen LogP contribution in [0.5, 0.6) is 5.75 Å². The lowest BCUT2D eigenvalue weighted by atomic mass is 10.1. The highest BCUT2D eigenvalue weighted by atomic mass is 32.2. The fourth-order valence-corrected chi connectivity index (χ4v) is 4.53. The van der Waals surface area contributed by atoms with Gasteiger partial charge in [-0.25, -0.2) is 4.98 Å². The molecule has 1 amide bonds. The Hall–Kier alpha value is -2.39. The highest BCUT2D eigenvalue weighted by molar-refractivity contribution is 8.00. The maximum absolute atomic E-state index is 12.5.